The maximum absolute atomic E-state index is 13.7. The second kappa shape index (κ2) is 12.9. The molecule has 0 radical (unpaired) electrons. The van der Waals surface area contributed by atoms with E-state index in [1.165, 1.54) is 18.4 Å². The number of thiophene rings is 1. The number of carbonyl (C=O) groups is 2. The van der Waals surface area contributed by atoms with Crippen LogP contribution >= 0.6 is 22.9 Å². The monoisotopic (exact) mass is 524 g/mol. The highest BCUT2D eigenvalue weighted by atomic mass is 35.5. The van der Waals surface area contributed by atoms with Gasteiger partial charge in [-0.1, -0.05) is 41.9 Å². The molecule has 2 heterocycles. The molecule has 0 saturated carbocycles. The van der Waals surface area contributed by atoms with E-state index < -0.39 is 0 Å². The van der Waals surface area contributed by atoms with Crippen LogP contribution in [-0.4, -0.2) is 59.4 Å². The number of aryl methyl sites for hydroxylation is 1. The molecule has 4 rings (SSSR count). The summed E-state index contributed by atoms with van der Waals surface area (Å²) in [6.07, 6.45) is 2.36. The maximum atomic E-state index is 13.7. The number of likely N-dealkylation sites (tertiary alicyclic amines) is 1. The third-order valence-corrected chi connectivity index (χ3v) is 7.72. The first kappa shape index (κ1) is 26.2. The van der Waals surface area contributed by atoms with Crippen LogP contribution in [0, 0.1) is 6.92 Å². The molecule has 1 aromatic heterocycles. The first-order valence-corrected chi connectivity index (χ1v) is 13.6. The molecule has 0 aliphatic carbocycles. The lowest BCUT2D eigenvalue weighted by Crippen LogP contribution is -2.46. The Balaban J connectivity index is 1.49. The third kappa shape index (κ3) is 7.56. The van der Waals surface area contributed by atoms with Gasteiger partial charge >= 0.3 is 6.03 Å². The Labute approximate surface area is 222 Å². The van der Waals surface area contributed by atoms with Crippen LogP contribution < -0.4 is 5.32 Å². The van der Waals surface area contributed by atoms with Gasteiger partial charge in [0, 0.05) is 35.2 Å². The standard InChI is InChI=1S/C28H33ClN4O2S/c1-22-13-18-36-26(22)20-33(19-23-7-3-2-4-8-23)27(34)21-32(17-16-31-14-5-6-15-31)28(35)30-25-11-9-24(29)10-12-25/h2-4,7-13,18H,5-6,14-17,19-21H2,1H3,(H,30,35). The molecular formula is C28H33ClN4O2S. The van der Waals surface area contributed by atoms with Crippen molar-refractivity contribution >= 4 is 40.6 Å². The smallest absolute Gasteiger partial charge is 0.322 e. The van der Waals surface area contributed by atoms with Crippen LogP contribution in [0.2, 0.25) is 5.02 Å². The molecule has 3 aromatic rings. The fourth-order valence-electron chi connectivity index (χ4n) is 4.30. The zero-order chi connectivity index (χ0) is 25.3. The maximum Gasteiger partial charge on any atom is 0.322 e. The molecular weight excluding hydrogens is 492 g/mol. The number of nitrogens with one attached hydrogen (secondary N) is 1. The van der Waals surface area contributed by atoms with Crippen LogP contribution in [0.4, 0.5) is 10.5 Å². The number of nitrogens with zero attached hydrogens (tertiary/aromatic N) is 3. The van der Waals surface area contributed by atoms with Crippen LogP contribution in [0.3, 0.4) is 0 Å². The van der Waals surface area contributed by atoms with E-state index in [9.17, 15) is 9.59 Å². The number of amides is 3. The van der Waals surface area contributed by atoms with Gasteiger partial charge < -0.3 is 20.0 Å². The average molecular weight is 525 g/mol. The summed E-state index contributed by atoms with van der Waals surface area (Å²) in [6, 6.07) is 18.8. The average Bonchev–Trinajstić information content (AvgIpc) is 3.55. The first-order valence-electron chi connectivity index (χ1n) is 12.4. The number of urea groups is 1. The minimum Gasteiger partial charge on any atom is -0.332 e. The number of hydrogen-bond donors (Lipinski definition) is 1. The van der Waals surface area contributed by atoms with Gasteiger partial charge in [0.2, 0.25) is 5.91 Å². The third-order valence-electron chi connectivity index (χ3n) is 6.47. The van der Waals surface area contributed by atoms with Gasteiger partial charge in [-0.25, -0.2) is 4.79 Å². The molecule has 0 spiro atoms. The molecule has 1 aliphatic heterocycles. The summed E-state index contributed by atoms with van der Waals surface area (Å²) >= 11 is 7.65. The molecule has 1 aliphatic rings. The summed E-state index contributed by atoms with van der Waals surface area (Å²) in [5.41, 5.74) is 2.89. The Kier molecular flexibility index (Phi) is 9.39. The predicted octanol–water partition coefficient (Wildman–Crippen LogP) is 5.87. The van der Waals surface area contributed by atoms with Gasteiger partial charge in [0.1, 0.15) is 6.54 Å². The van der Waals surface area contributed by atoms with Crippen molar-refractivity contribution in [1.82, 2.24) is 14.7 Å². The van der Waals surface area contributed by atoms with Gasteiger partial charge in [0.25, 0.3) is 0 Å². The molecule has 6 nitrogen and oxygen atoms in total. The SMILES string of the molecule is Cc1ccsc1CN(Cc1ccccc1)C(=O)CN(CCN1CCCC1)C(=O)Nc1ccc(Cl)cc1. The number of anilines is 1. The lowest BCUT2D eigenvalue weighted by Gasteiger charge is -2.29. The van der Waals surface area contributed by atoms with Crippen molar-refractivity contribution in [2.24, 2.45) is 0 Å². The fraction of sp³-hybridized carbons (Fsp3) is 0.357. The topological polar surface area (TPSA) is 55.9 Å². The minimum absolute atomic E-state index is 0.0184. The van der Waals surface area contributed by atoms with Crippen molar-refractivity contribution < 1.29 is 9.59 Å². The van der Waals surface area contributed by atoms with Crippen molar-refractivity contribution in [2.75, 3.05) is 38.0 Å². The first-order chi connectivity index (χ1) is 17.5. The highest BCUT2D eigenvalue weighted by Crippen LogP contribution is 2.20. The van der Waals surface area contributed by atoms with E-state index in [1.54, 1.807) is 40.5 Å². The summed E-state index contributed by atoms with van der Waals surface area (Å²) in [5.74, 6) is -0.0701. The van der Waals surface area contributed by atoms with Gasteiger partial charge in [-0.05, 0) is 79.7 Å². The van der Waals surface area contributed by atoms with Crippen LogP contribution in [0.5, 0.6) is 0 Å². The van der Waals surface area contributed by atoms with E-state index in [1.807, 2.05) is 35.2 Å². The quantitative estimate of drug-likeness (QED) is 0.361. The summed E-state index contributed by atoms with van der Waals surface area (Å²) in [7, 11) is 0. The summed E-state index contributed by atoms with van der Waals surface area (Å²) < 4.78 is 0. The summed E-state index contributed by atoms with van der Waals surface area (Å²) in [4.78, 5) is 34.0. The summed E-state index contributed by atoms with van der Waals surface area (Å²) in [5, 5.41) is 5.59. The van der Waals surface area contributed by atoms with Crippen molar-refractivity contribution in [3.05, 3.63) is 87.1 Å². The van der Waals surface area contributed by atoms with Crippen LogP contribution in [0.15, 0.2) is 66.0 Å². The van der Waals surface area contributed by atoms with E-state index in [0.29, 0.717) is 30.3 Å². The predicted molar refractivity (Wildman–Crippen MR) is 147 cm³/mol. The number of halogens is 1. The lowest BCUT2D eigenvalue weighted by atomic mass is 10.2. The zero-order valence-electron chi connectivity index (χ0n) is 20.7. The van der Waals surface area contributed by atoms with Crippen molar-refractivity contribution in [3.8, 4) is 0 Å². The van der Waals surface area contributed by atoms with Crippen molar-refractivity contribution in [1.29, 1.82) is 0 Å². The largest absolute Gasteiger partial charge is 0.332 e. The van der Waals surface area contributed by atoms with Crippen LogP contribution in [-0.2, 0) is 17.9 Å². The molecule has 1 saturated heterocycles. The van der Waals surface area contributed by atoms with Crippen molar-refractivity contribution in [2.45, 2.75) is 32.9 Å². The summed E-state index contributed by atoms with van der Waals surface area (Å²) in [6.45, 7) is 6.43. The fourth-order valence-corrected chi connectivity index (χ4v) is 5.34. The van der Waals surface area contributed by atoms with Crippen molar-refractivity contribution in [3.63, 3.8) is 0 Å². The second-order valence-electron chi connectivity index (χ2n) is 9.17. The molecule has 1 N–H and O–H groups in total. The van der Waals surface area contributed by atoms with E-state index in [4.69, 9.17) is 11.6 Å². The molecule has 8 heteroatoms. The van der Waals surface area contributed by atoms with Crippen LogP contribution in [0.1, 0.15) is 28.8 Å². The minimum atomic E-state index is -0.281. The number of benzene rings is 2. The molecule has 2 aromatic carbocycles. The molecule has 190 valence electrons. The molecule has 36 heavy (non-hydrogen) atoms. The number of rotatable bonds is 10. The normalized spacial score (nSPS) is 13.5. The van der Waals surface area contributed by atoms with Gasteiger partial charge in [0.15, 0.2) is 0 Å². The Morgan fingerprint density at radius 3 is 2.36 bits per heavy atom. The second-order valence-corrected chi connectivity index (χ2v) is 10.6. The molecule has 0 atom stereocenters. The van der Waals surface area contributed by atoms with Crippen LogP contribution in [0.25, 0.3) is 0 Å². The highest BCUT2D eigenvalue weighted by Gasteiger charge is 2.24. The van der Waals surface area contributed by atoms with E-state index in [0.717, 1.165) is 30.1 Å². The molecule has 0 unspecified atom stereocenters. The van der Waals surface area contributed by atoms with E-state index >= 15 is 0 Å². The highest BCUT2D eigenvalue weighted by molar-refractivity contribution is 7.10. The van der Waals surface area contributed by atoms with Gasteiger partial charge in [0.05, 0.1) is 6.54 Å². The Hall–Kier alpha value is -2.87. The number of hydrogen-bond acceptors (Lipinski definition) is 4. The molecule has 3 amide bonds. The van der Waals surface area contributed by atoms with Gasteiger partial charge in [-0.15, -0.1) is 11.3 Å². The van der Waals surface area contributed by atoms with E-state index in [2.05, 4.69) is 28.6 Å². The lowest BCUT2D eigenvalue weighted by molar-refractivity contribution is -0.133. The zero-order valence-corrected chi connectivity index (χ0v) is 22.2. The number of carbonyl (C=O) groups excluding carboxylic acids is 2. The Morgan fingerprint density at radius 1 is 0.972 bits per heavy atom. The molecule has 0 bridgehead atoms. The molecule has 1 fully saturated rings. The van der Waals surface area contributed by atoms with Gasteiger partial charge in [-0.2, -0.15) is 0 Å². The Morgan fingerprint density at radius 2 is 1.69 bits per heavy atom. The Bertz CT molecular complexity index is 1130. The van der Waals surface area contributed by atoms with Gasteiger partial charge in [-0.3, -0.25) is 4.79 Å². The van der Waals surface area contributed by atoms with E-state index in [-0.39, 0.29) is 18.5 Å².